The molecule has 0 spiro atoms. The lowest BCUT2D eigenvalue weighted by Gasteiger charge is -2.15. The van der Waals surface area contributed by atoms with E-state index in [4.69, 9.17) is 11.6 Å². The maximum atomic E-state index is 13.2. The number of nitrogens with one attached hydrogen (secondary N) is 1. The standard InChI is InChI=1S/C13H14BrClFNO/c14-7-6-13(4-5-13)8-17-12(18)9-2-1-3-10(16)11(9)15/h1-3H,4-8H2,(H,17,18). The molecule has 1 aliphatic rings. The molecule has 0 aliphatic heterocycles. The lowest BCUT2D eigenvalue weighted by Crippen LogP contribution is -2.30. The lowest BCUT2D eigenvalue weighted by molar-refractivity contribution is 0.0944. The summed E-state index contributed by atoms with van der Waals surface area (Å²) in [7, 11) is 0. The van der Waals surface area contributed by atoms with Crippen molar-refractivity contribution in [2.45, 2.75) is 19.3 Å². The van der Waals surface area contributed by atoms with Gasteiger partial charge in [-0.2, -0.15) is 0 Å². The van der Waals surface area contributed by atoms with Crippen molar-refractivity contribution in [3.8, 4) is 0 Å². The summed E-state index contributed by atoms with van der Waals surface area (Å²) >= 11 is 9.19. The van der Waals surface area contributed by atoms with Gasteiger partial charge in [-0.15, -0.1) is 0 Å². The third kappa shape index (κ3) is 3.04. The van der Waals surface area contributed by atoms with Crippen LogP contribution in [0.15, 0.2) is 18.2 Å². The second-order valence-electron chi connectivity index (χ2n) is 4.72. The summed E-state index contributed by atoms with van der Waals surface area (Å²) in [5.74, 6) is -0.869. The van der Waals surface area contributed by atoms with Crippen molar-refractivity contribution in [1.29, 1.82) is 0 Å². The van der Waals surface area contributed by atoms with Gasteiger partial charge >= 0.3 is 0 Å². The first-order valence-electron chi connectivity index (χ1n) is 5.86. The largest absolute Gasteiger partial charge is 0.351 e. The summed E-state index contributed by atoms with van der Waals surface area (Å²) in [6.45, 7) is 0.629. The molecular weight excluding hydrogens is 321 g/mol. The van der Waals surface area contributed by atoms with Crippen LogP contribution in [0, 0.1) is 11.2 Å². The number of hydrogen-bond acceptors (Lipinski definition) is 1. The van der Waals surface area contributed by atoms with E-state index in [1.54, 1.807) is 0 Å². The minimum Gasteiger partial charge on any atom is -0.351 e. The number of alkyl halides is 1. The molecule has 1 aromatic carbocycles. The SMILES string of the molecule is O=C(NCC1(CCBr)CC1)c1cccc(F)c1Cl. The number of rotatable bonds is 5. The van der Waals surface area contributed by atoms with Gasteiger partial charge in [0.25, 0.3) is 5.91 Å². The van der Waals surface area contributed by atoms with E-state index >= 15 is 0 Å². The molecule has 1 aliphatic carbocycles. The minimum absolute atomic E-state index is 0.111. The van der Waals surface area contributed by atoms with E-state index in [1.807, 2.05) is 0 Å². The Morgan fingerprint density at radius 3 is 2.83 bits per heavy atom. The molecular formula is C13H14BrClFNO. The van der Waals surface area contributed by atoms with Crippen molar-refractivity contribution in [2.24, 2.45) is 5.41 Å². The quantitative estimate of drug-likeness (QED) is 0.816. The highest BCUT2D eigenvalue weighted by Crippen LogP contribution is 2.48. The first-order valence-corrected chi connectivity index (χ1v) is 7.36. The molecule has 5 heteroatoms. The highest BCUT2D eigenvalue weighted by molar-refractivity contribution is 9.09. The summed E-state index contributed by atoms with van der Waals surface area (Å²) in [6.07, 6.45) is 3.32. The zero-order chi connectivity index (χ0) is 13.2. The Morgan fingerprint density at radius 2 is 2.22 bits per heavy atom. The maximum Gasteiger partial charge on any atom is 0.252 e. The van der Waals surface area contributed by atoms with Gasteiger partial charge in [0.1, 0.15) is 5.82 Å². The molecule has 1 N–H and O–H groups in total. The number of halogens is 3. The van der Waals surface area contributed by atoms with Gasteiger partial charge in [0.2, 0.25) is 0 Å². The summed E-state index contributed by atoms with van der Waals surface area (Å²) in [5, 5.41) is 3.67. The number of amides is 1. The first kappa shape index (κ1) is 13.8. The van der Waals surface area contributed by atoms with Crippen LogP contribution < -0.4 is 5.32 Å². The predicted molar refractivity (Wildman–Crippen MR) is 73.8 cm³/mol. The molecule has 0 atom stereocenters. The van der Waals surface area contributed by atoms with Crippen LogP contribution in [0.3, 0.4) is 0 Å². The Morgan fingerprint density at radius 1 is 1.50 bits per heavy atom. The van der Waals surface area contributed by atoms with E-state index in [9.17, 15) is 9.18 Å². The molecule has 2 rings (SSSR count). The number of carbonyl (C=O) groups is 1. The molecule has 0 heterocycles. The van der Waals surface area contributed by atoms with Crippen molar-refractivity contribution in [3.63, 3.8) is 0 Å². The van der Waals surface area contributed by atoms with Gasteiger partial charge in [-0.3, -0.25) is 4.79 Å². The molecule has 18 heavy (non-hydrogen) atoms. The zero-order valence-electron chi connectivity index (χ0n) is 9.81. The van der Waals surface area contributed by atoms with Crippen LogP contribution in [0.25, 0.3) is 0 Å². The third-order valence-electron chi connectivity index (χ3n) is 3.40. The molecule has 0 aromatic heterocycles. The van der Waals surface area contributed by atoms with Crippen LogP contribution in [-0.2, 0) is 0 Å². The third-order valence-corrected chi connectivity index (χ3v) is 4.18. The summed E-state index contributed by atoms with van der Waals surface area (Å²) in [5.41, 5.74) is 0.435. The number of benzene rings is 1. The van der Waals surface area contributed by atoms with Crippen molar-refractivity contribution in [2.75, 3.05) is 11.9 Å². The van der Waals surface area contributed by atoms with Crippen LogP contribution in [-0.4, -0.2) is 17.8 Å². The monoisotopic (exact) mass is 333 g/mol. The molecule has 98 valence electrons. The molecule has 0 saturated heterocycles. The van der Waals surface area contributed by atoms with Gasteiger partial charge in [-0.25, -0.2) is 4.39 Å². The van der Waals surface area contributed by atoms with E-state index in [0.717, 1.165) is 24.6 Å². The van der Waals surface area contributed by atoms with Gasteiger partial charge < -0.3 is 5.32 Å². The fourth-order valence-corrected chi connectivity index (χ4v) is 2.99. The van der Waals surface area contributed by atoms with Gasteiger partial charge in [-0.05, 0) is 36.8 Å². The molecule has 0 bridgehead atoms. The van der Waals surface area contributed by atoms with Crippen molar-refractivity contribution < 1.29 is 9.18 Å². The highest BCUT2D eigenvalue weighted by atomic mass is 79.9. The van der Waals surface area contributed by atoms with Crippen LogP contribution in [0.4, 0.5) is 4.39 Å². The van der Waals surface area contributed by atoms with E-state index in [0.29, 0.717) is 6.54 Å². The molecule has 0 radical (unpaired) electrons. The molecule has 1 amide bonds. The second-order valence-corrected chi connectivity index (χ2v) is 5.89. The van der Waals surface area contributed by atoms with Crippen LogP contribution in [0.5, 0.6) is 0 Å². The van der Waals surface area contributed by atoms with Crippen LogP contribution in [0.1, 0.15) is 29.6 Å². The highest BCUT2D eigenvalue weighted by Gasteiger charge is 2.41. The first-order chi connectivity index (χ1) is 8.58. The fraction of sp³-hybridized carbons (Fsp3) is 0.462. The van der Waals surface area contributed by atoms with Gasteiger partial charge in [0, 0.05) is 11.9 Å². The lowest BCUT2D eigenvalue weighted by atomic mass is 10.0. The molecule has 1 aromatic rings. The van der Waals surface area contributed by atoms with E-state index < -0.39 is 5.82 Å². The normalized spacial score (nSPS) is 16.4. The Hall–Kier alpha value is -0.610. The van der Waals surface area contributed by atoms with Gasteiger partial charge in [0.15, 0.2) is 0 Å². The Kier molecular flexibility index (Phi) is 4.28. The summed E-state index contributed by atoms with van der Waals surface area (Å²) < 4.78 is 13.2. The van der Waals surface area contributed by atoms with Crippen LogP contribution in [0.2, 0.25) is 5.02 Å². The Labute approximate surface area is 119 Å². The minimum atomic E-state index is -0.564. The average molecular weight is 335 g/mol. The predicted octanol–water partition coefficient (Wildman–Crippen LogP) is 3.77. The topological polar surface area (TPSA) is 29.1 Å². The van der Waals surface area contributed by atoms with Crippen LogP contribution >= 0.6 is 27.5 Å². The molecule has 2 nitrogen and oxygen atoms in total. The number of hydrogen-bond donors (Lipinski definition) is 1. The van der Waals surface area contributed by atoms with Crippen molar-refractivity contribution in [3.05, 3.63) is 34.6 Å². The fourth-order valence-electron chi connectivity index (χ4n) is 1.93. The molecule has 1 fully saturated rings. The average Bonchev–Trinajstić information content (AvgIpc) is 3.11. The Balaban J connectivity index is 1.98. The van der Waals surface area contributed by atoms with E-state index in [2.05, 4.69) is 21.2 Å². The molecule has 1 saturated carbocycles. The van der Waals surface area contributed by atoms with E-state index in [-0.39, 0.29) is 21.9 Å². The summed E-state index contributed by atoms with van der Waals surface area (Å²) in [6, 6.07) is 4.26. The van der Waals surface area contributed by atoms with E-state index in [1.165, 1.54) is 18.2 Å². The maximum absolute atomic E-state index is 13.2. The Bertz CT molecular complexity index is 462. The zero-order valence-corrected chi connectivity index (χ0v) is 12.2. The number of carbonyl (C=O) groups excluding carboxylic acids is 1. The summed E-state index contributed by atoms with van der Waals surface area (Å²) in [4.78, 5) is 11.9. The molecule has 0 unspecified atom stereocenters. The van der Waals surface area contributed by atoms with Crippen molar-refractivity contribution in [1.82, 2.24) is 5.32 Å². The van der Waals surface area contributed by atoms with Crippen molar-refractivity contribution >= 4 is 33.4 Å². The smallest absolute Gasteiger partial charge is 0.252 e. The van der Waals surface area contributed by atoms with Gasteiger partial charge in [-0.1, -0.05) is 33.6 Å². The van der Waals surface area contributed by atoms with Gasteiger partial charge in [0.05, 0.1) is 10.6 Å². The second kappa shape index (κ2) is 5.57.